The molecule has 2 N–H and O–H groups in total. The fourth-order valence-electron chi connectivity index (χ4n) is 3.60. The van der Waals surface area contributed by atoms with E-state index in [1.54, 1.807) is 0 Å². The maximum absolute atomic E-state index is 10.8. The lowest BCUT2D eigenvalue weighted by Gasteiger charge is -2.46. The molecule has 0 aliphatic carbocycles. The highest BCUT2D eigenvalue weighted by Crippen LogP contribution is 2.30. The van der Waals surface area contributed by atoms with Crippen LogP contribution < -0.4 is 10.6 Å². The molecule has 1 saturated heterocycles. The topological polar surface area (TPSA) is 66.9 Å². The van der Waals surface area contributed by atoms with Crippen LogP contribution in [0.3, 0.4) is 0 Å². The van der Waals surface area contributed by atoms with Gasteiger partial charge in [0.1, 0.15) is 16.2 Å². The molecular formula is C16H22N4OS. The molecule has 0 aromatic carbocycles. The quantitative estimate of drug-likeness (QED) is 0.851. The highest BCUT2D eigenvalue weighted by molar-refractivity contribution is 7.19. The lowest BCUT2D eigenvalue weighted by atomic mass is 9.79. The molecule has 0 saturated carbocycles. The Morgan fingerprint density at radius 3 is 2.55 bits per heavy atom. The maximum atomic E-state index is 10.8. The van der Waals surface area contributed by atoms with E-state index in [4.69, 9.17) is 0 Å². The second-order valence-corrected chi connectivity index (χ2v) is 8.34. The number of nitrogens with one attached hydrogen (secondary N) is 2. The molecule has 5 nitrogen and oxygen atoms in total. The lowest BCUT2D eigenvalue weighted by Crippen LogP contribution is -2.60. The SMILES string of the molecule is CC1(C)CC(Nc2ccc3nc(C=O)sc3n2)CC(C)(C)N1. The lowest BCUT2D eigenvalue weighted by molar-refractivity contribution is 0.112. The fourth-order valence-corrected chi connectivity index (χ4v) is 4.35. The van der Waals surface area contributed by atoms with Gasteiger partial charge in [0.2, 0.25) is 0 Å². The summed E-state index contributed by atoms with van der Waals surface area (Å²) < 4.78 is 0. The summed E-state index contributed by atoms with van der Waals surface area (Å²) in [6.45, 7) is 8.94. The second-order valence-electron chi connectivity index (χ2n) is 7.33. The van der Waals surface area contributed by atoms with Gasteiger partial charge >= 0.3 is 0 Å². The summed E-state index contributed by atoms with van der Waals surface area (Å²) in [5.41, 5.74) is 0.973. The van der Waals surface area contributed by atoms with E-state index in [-0.39, 0.29) is 11.1 Å². The zero-order valence-electron chi connectivity index (χ0n) is 13.4. The van der Waals surface area contributed by atoms with Gasteiger partial charge in [-0.3, -0.25) is 4.79 Å². The number of anilines is 1. The highest BCUT2D eigenvalue weighted by atomic mass is 32.1. The first kappa shape index (κ1) is 15.4. The van der Waals surface area contributed by atoms with E-state index in [1.165, 1.54) is 11.3 Å². The van der Waals surface area contributed by atoms with Gasteiger partial charge in [-0.15, -0.1) is 0 Å². The largest absolute Gasteiger partial charge is 0.367 e. The molecule has 3 rings (SSSR count). The molecule has 22 heavy (non-hydrogen) atoms. The van der Waals surface area contributed by atoms with Crippen LogP contribution in [0.4, 0.5) is 5.82 Å². The van der Waals surface area contributed by atoms with Crippen LogP contribution in [0.25, 0.3) is 10.3 Å². The van der Waals surface area contributed by atoms with Gasteiger partial charge in [-0.05, 0) is 52.7 Å². The van der Waals surface area contributed by atoms with Crippen molar-refractivity contribution in [2.75, 3.05) is 5.32 Å². The number of carbonyl (C=O) groups is 1. The number of fused-ring (bicyclic) bond motifs is 1. The highest BCUT2D eigenvalue weighted by Gasteiger charge is 2.37. The van der Waals surface area contributed by atoms with E-state index in [0.717, 1.165) is 35.3 Å². The molecule has 0 radical (unpaired) electrons. The van der Waals surface area contributed by atoms with Gasteiger partial charge in [0, 0.05) is 17.1 Å². The number of aromatic nitrogens is 2. The minimum atomic E-state index is 0.0959. The van der Waals surface area contributed by atoms with Crippen molar-refractivity contribution in [1.82, 2.24) is 15.3 Å². The summed E-state index contributed by atoms with van der Waals surface area (Å²) in [6, 6.07) is 4.24. The zero-order valence-corrected chi connectivity index (χ0v) is 14.3. The second kappa shape index (κ2) is 5.28. The number of carbonyl (C=O) groups excluding carboxylic acids is 1. The van der Waals surface area contributed by atoms with Gasteiger partial charge in [-0.25, -0.2) is 9.97 Å². The summed E-state index contributed by atoms with van der Waals surface area (Å²) in [6.07, 6.45) is 2.86. The monoisotopic (exact) mass is 318 g/mol. The van der Waals surface area contributed by atoms with Crippen LogP contribution in [-0.4, -0.2) is 33.4 Å². The molecule has 2 aromatic heterocycles. The van der Waals surface area contributed by atoms with Gasteiger partial charge in [-0.2, -0.15) is 0 Å². The van der Waals surface area contributed by atoms with Crippen molar-refractivity contribution < 1.29 is 4.79 Å². The molecule has 2 aromatic rings. The number of thiazole rings is 1. The molecule has 6 heteroatoms. The Hall–Kier alpha value is -1.53. The average molecular weight is 318 g/mol. The Kier molecular flexibility index (Phi) is 3.69. The van der Waals surface area contributed by atoms with Crippen LogP contribution in [0.15, 0.2) is 12.1 Å². The zero-order chi connectivity index (χ0) is 16.0. The van der Waals surface area contributed by atoms with Gasteiger partial charge in [0.05, 0.1) is 0 Å². The van der Waals surface area contributed by atoms with Crippen molar-refractivity contribution in [1.29, 1.82) is 0 Å². The normalized spacial score (nSPS) is 20.9. The maximum Gasteiger partial charge on any atom is 0.178 e. The third-order valence-corrected chi connectivity index (χ3v) is 4.81. The van der Waals surface area contributed by atoms with Crippen molar-refractivity contribution in [3.05, 3.63) is 17.1 Å². The van der Waals surface area contributed by atoms with E-state index in [1.807, 2.05) is 12.1 Å². The van der Waals surface area contributed by atoms with Crippen LogP contribution in [0, 0.1) is 0 Å². The number of nitrogens with zero attached hydrogens (tertiary/aromatic N) is 2. The number of piperidine rings is 1. The molecule has 0 bridgehead atoms. The predicted molar refractivity (Wildman–Crippen MR) is 90.7 cm³/mol. The van der Waals surface area contributed by atoms with Gasteiger partial charge in [-0.1, -0.05) is 11.3 Å². The molecule has 1 aliphatic rings. The first-order chi connectivity index (χ1) is 10.3. The molecule has 0 spiro atoms. The fraction of sp³-hybridized carbons (Fsp3) is 0.562. The van der Waals surface area contributed by atoms with Gasteiger partial charge in [0.25, 0.3) is 0 Å². The summed E-state index contributed by atoms with van der Waals surface area (Å²) in [5.74, 6) is 0.854. The number of hydrogen-bond donors (Lipinski definition) is 2. The van der Waals surface area contributed by atoms with Crippen LogP contribution in [-0.2, 0) is 0 Å². The van der Waals surface area contributed by atoms with E-state index < -0.39 is 0 Å². The molecule has 3 heterocycles. The standard InChI is InChI=1S/C16H22N4OS/c1-15(2)7-10(8-16(3,4)20-15)17-12-6-5-11-14(19-12)22-13(9-21)18-11/h5-6,9-10,20H,7-8H2,1-4H3,(H,17,19). The number of hydrogen-bond acceptors (Lipinski definition) is 6. The van der Waals surface area contributed by atoms with Gasteiger partial charge < -0.3 is 10.6 Å². The summed E-state index contributed by atoms with van der Waals surface area (Å²) >= 11 is 1.33. The van der Waals surface area contributed by atoms with E-state index in [0.29, 0.717) is 11.0 Å². The Bertz CT molecular complexity index is 691. The molecule has 1 aliphatic heterocycles. The summed E-state index contributed by atoms with van der Waals surface area (Å²) in [5, 5.41) is 7.71. The Labute approximate surface area is 134 Å². The Morgan fingerprint density at radius 2 is 1.91 bits per heavy atom. The van der Waals surface area contributed by atoms with E-state index in [9.17, 15) is 4.79 Å². The first-order valence-corrected chi connectivity index (χ1v) is 8.37. The smallest absolute Gasteiger partial charge is 0.178 e. The van der Waals surface area contributed by atoms with Crippen molar-refractivity contribution in [2.45, 2.75) is 57.7 Å². The van der Waals surface area contributed by atoms with Crippen molar-refractivity contribution in [3.8, 4) is 0 Å². The van der Waals surface area contributed by atoms with Gasteiger partial charge in [0.15, 0.2) is 11.3 Å². The van der Waals surface area contributed by atoms with Crippen LogP contribution in [0.1, 0.15) is 50.3 Å². The number of aldehydes is 1. The molecule has 1 fully saturated rings. The number of pyridine rings is 1. The minimum Gasteiger partial charge on any atom is -0.367 e. The van der Waals surface area contributed by atoms with E-state index >= 15 is 0 Å². The molecule has 118 valence electrons. The summed E-state index contributed by atoms with van der Waals surface area (Å²) in [7, 11) is 0. The third kappa shape index (κ3) is 3.28. The predicted octanol–water partition coefficient (Wildman–Crippen LogP) is 3.22. The third-order valence-electron chi connectivity index (χ3n) is 3.92. The van der Waals surface area contributed by atoms with Crippen LogP contribution in [0.2, 0.25) is 0 Å². The molecular weight excluding hydrogens is 296 g/mol. The molecule has 0 amide bonds. The molecule has 0 atom stereocenters. The van der Waals surface area contributed by atoms with E-state index in [2.05, 4.69) is 48.3 Å². The Morgan fingerprint density at radius 1 is 1.23 bits per heavy atom. The first-order valence-electron chi connectivity index (χ1n) is 7.55. The Balaban J connectivity index is 1.81. The van der Waals surface area contributed by atoms with Crippen molar-refractivity contribution >= 4 is 33.8 Å². The number of rotatable bonds is 3. The van der Waals surface area contributed by atoms with Crippen LogP contribution in [0.5, 0.6) is 0 Å². The summed E-state index contributed by atoms with van der Waals surface area (Å²) in [4.78, 5) is 20.4. The molecule has 0 unspecified atom stereocenters. The minimum absolute atomic E-state index is 0.0959. The van der Waals surface area contributed by atoms with Crippen molar-refractivity contribution in [2.24, 2.45) is 0 Å². The average Bonchev–Trinajstić information content (AvgIpc) is 2.77. The van der Waals surface area contributed by atoms with Crippen LogP contribution >= 0.6 is 11.3 Å². The van der Waals surface area contributed by atoms with Crippen molar-refractivity contribution in [3.63, 3.8) is 0 Å².